The molecule has 2 aromatic rings. The lowest BCUT2D eigenvalue weighted by atomic mass is 9.70. The van der Waals surface area contributed by atoms with Crippen LogP contribution in [0.3, 0.4) is 0 Å². The first-order valence-electron chi connectivity index (χ1n) is 9.77. The van der Waals surface area contributed by atoms with Gasteiger partial charge in [-0.3, -0.25) is 0 Å². The topological polar surface area (TPSA) is 52.0 Å². The highest BCUT2D eigenvalue weighted by Crippen LogP contribution is 2.60. The van der Waals surface area contributed by atoms with E-state index in [1.54, 1.807) is 0 Å². The highest BCUT2D eigenvalue weighted by molar-refractivity contribution is 5.60. The fraction of sp³-hybridized carbons (Fsp3) is 0.333. The molecule has 0 aromatic heterocycles. The molecule has 0 saturated heterocycles. The predicted molar refractivity (Wildman–Crippen MR) is 109 cm³/mol. The molecule has 3 aliphatic rings. The van der Waals surface area contributed by atoms with Gasteiger partial charge in [-0.15, -0.1) is 0 Å². The van der Waals surface area contributed by atoms with Crippen LogP contribution in [-0.2, 0) is 6.42 Å². The zero-order valence-electron chi connectivity index (χ0n) is 15.3. The van der Waals surface area contributed by atoms with Crippen LogP contribution in [-0.4, -0.2) is 0 Å². The Morgan fingerprint density at radius 2 is 1.69 bits per heavy atom. The van der Waals surface area contributed by atoms with E-state index in [-0.39, 0.29) is 0 Å². The molecule has 4 atom stereocenters. The monoisotopic (exact) mass is 342 g/mol. The second-order valence-electron chi connectivity index (χ2n) is 8.28. The minimum Gasteiger partial charge on any atom is -0.399 e. The van der Waals surface area contributed by atoms with Crippen LogP contribution in [0, 0.1) is 5.92 Å². The Balaban J connectivity index is 1.71. The summed E-state index contributed by atoms with van der Waals surface area (Å²) < 4.78 is 0. The van der Waals surface area contributed by atoms with E-state index in [1.807, 2.05) is 0 Å². The number of nitrogen functional groups attached to an aromatic ring is 2. The molecule has 0 bridgehead atoms. The normalized spacial score (nSPS) is 28.9. The molecule has 2 nitrogen and oxygen atoms in total. The zero-order valence-corrected chi connectivity index (χ0v) is 15.3. The van der Waals surface area contributed by atoms with Crippen molar-refractivity contribution in [2.75, 3.05) is 11.5 Å². The van der Waals surface area contributed by atoms with Gasteiger partial charge in [0.1, 0.15) is 0 Å². The molecular formula is C24H26N2. The van der Waals surface area contributed by atoms with Gasteiger partial charge in [-0.2, -0.15) is 0 Å². The van der Waals surface area contributed by atoms with Gasteiger partial charge in [0.15, 0.2) is 0 Å². The van der Waals surface area contributed by atoms with E-state index in [1.165, 1.54) is 34.2 Å². The van der Waals surface area contributed by atoms with Gasteiger partial charge < -0.3 is 11.5 Å². The molecule has 5 rings (SSSR count). The van der Waals surface area contributed by atoms with E-state index in [9.17, 15) is 0 Å². The van der Waals surface area contributed by atoms with Gasteiger partial charge in [0.05, 0.1) is 0 Å². The van der Waals surface area contributed by atoms with Crippen molar-refractivity contribution in [1.82, 2.24) is 0 Å². The van der Waals surface area contributed by atoms with Crippen LogP contribution >= 0.6 is 0 Å². The number of hydrogen-bond donors (Lipinski definition) is 2. The lowest BCUT2D eigenvalue weighted by molar-refractivity contribution is 0.476. The third kappa shape index (κ3) is 2.32. The Labute approximate surface area is 155 Å². The van der Waals surface area contributed by atoms with Gasteiger partial charge in [0.2, 0.25) is 0 Å². The number of aryl methyl sites for hydroxylation is 1. The van der Waals surface area contributed by atoms with Crippen molar-refractivity contribution in [3.8, 4) is 0 Å². The van der Waals surface area contributed by atoms with Crippen LogP contribution in [0.2, 0.25) is 0 Å². The minimum atomic E-state index is 0.403. The summed E-state index contributed by atoms with van der Waals surface area (Å²) in [5, 5.41) is 0. The predicted octanol–water partition coefficient (Wildman–Crippen LogP) is 5.28. The quantitative estimate of drug-likeness (QED) is 0.692. The van der Waals surface area contributed by atoms with E-state index in [2.05, 4.69) is 61.5 Å². The Kier molecular flexibility index (Phi) is 3.49. The molecule has 2 aromatic carbocycles. The number of fused-ring (bicyclic) bond motifs is 5. The number of allylic oxidation sites excluding steroid dienone is 4. The summed E-state index contributed by atoms with van der Waals surface area (Å²) in [4.78, 5) is 0. The van der Waals surface area contributed by atoms with Crippen molar-refractivity contribution in [2.24, 2.45) is 5.92 Å². The summed E-state index contributed by atoms with van der Waals surface area (Å²) in [7, 11) is 0. The van der Waals surface area contributed by atoms with Crippen LogP contribution in [0.4, 0.5) is 11.4 Å². The Morgan fingerprint density at radius 1 is 0.923 bits per heavy atom. The summed E-state index contributed by atoms with van der Waals surface area (Å²) in [6.45, 7) is 2.31. The summed E-state index contributed by atoms with van der Waals surface area (Å²) >= 11 is 0. The molecule has 0 radical (unpaired) electrons. The summed E-state index contributed by atoms with van der Waals surface area (Å²) in [6, 6.07) is 13.1. The van der Waals surface area contributed by atoms with E-state index in [4.69, 9.17) is 11.5 Å². The third-order valence-electron chi connectivity index (χ3n) is 6.54. The molecule has 0 fully saturated rings. The molecule has 132 valence electrons. The van der Waals surface area contributed by atoms with E-state index in [0.717, 1.165) is 24.2 Å². The molecular weight excluding hydrogens is 316 g/mol. The molecule has 0 spiro atoms. The Morgan fingerprint density at radius 3 is 2.50 bits per heavy atom. The van der Waals surface area contributed by atoms with Crippen LogP contribution in [0.15, 0.2) is 60.2 Å². The smallest absolute Gasteiger partial charge is 0.0317 e. The van der Waals surface area contributed by atoms with Gasteiger partial charge >= 0.3 is 0 Å². The highest BCUT2D eigenvalue weighted by atomic mass is 14.6. The first kappa shape index (κ1) is 15.7. The van der Waals surface area contributed by atoms with Crippen molar-refractivity contribution in [3.05, 3.63) is 82.5 Å². The maximum atomic E-state index is 6.20. The average Bonchev–Trinajstić information content (AvgIpc) is 2.95. The summed E-state index contributed by atoms with van der Waals surface area (Å²) in [5.41, 5.74) is 21.4. The van der Waals surface area contributed by atoms with Crippen LogP contribution in [0.5, 0.6) is 0 Å². The largest absolute Gasteiger partial charge is 0.399 e. The van der Waals surface area contributed by atoms with Crippen molar-refractivity contribution in [3.63, 3.8) is 0 Å². The maximum Gasteiger partial charge on any atom is 0.0317 e. The lowest BCUT2D eigenvalue weighted by Gasteiger charge is -2.34. The van der Waals surface area contributed by atoms with Gasteiger partial charge in [-0.1, -0.05) is 37.3 Å². The van der Waals surface area contributed by atoms with E-state index < -0.39 is 0 Å². The fourth-order valence-electron chi connectivity index (χ4n) is 5.49. The maximum absolute atomic E-state index is 6.20. The van der Waals surface area contributed by atoms with Crippen molar-refractivity contribution < 1.29 is 0 Å². The first-order chi connectivity index (χ1) is 12.6. The van der Waals surface area contributed by atoms with Crippen molar-refractivity contribution >= 4 is 11.4 Å². The minimum absolute atomic E-state index is 0.403. The standard InChI is InChI=1S/C24H26N2/c1-14-3-2-4-16(11-14)23-22-13-18(26)7-10-20(22)21-8-5-15-12-17(25)6-9-19(15)24(21)23/h2,4,6-7,9-14,21,23-24H,3,5,8,25-26H2,1H3. The second-order valence-corrected chi connectivity index (χ2v) is 8.28. The lowest BCUT2D eigenvalue weighted by Crippen LogP contribution is -2.20. The van der Waals surface area contributed by atoms with Crippen LogP contribution in [0.25, 0.3) is 0 Å². The molecule has 3 aliphatic carbocycles. The fourth-order valence-corrected chi connectivity index (χ4v) is 5.49. The second kappa shape index (κ2) is 5.77. The van der Waals surface area contributed by atoms with Crippen LogP contribution in [0.1, 0.15) is 59.8 Å². The van der Waals surface area contributed by atoms with Crippen molar-refractivity contribution in [2.45, 2.75) is 43.9 Å². The van der Waals surface area contributed by atoms with E-state index in [0.29, 0.717) is 23.7 Å². The molecule has 0 amide bonds. The molecule has 4 unspecified atom stereocenters. The zero-order chi connectivity index (χ0) is 17.8. The highest BCUT2D eigenvalue weighted by Gasteiger charge is 2.45. The molecule has 0 saturated carbocycles. The molecule has 2 heteroatoms. The first-order valence-corrected chi connectivity index (χ1v) is 9.77. The molecule has 0 heterocycles. The van der Waals surface area contributed by atoms with Crippen molar-refractivity contribution in [1.29, 1.82) is 0 Å². The number of benzene rings is 2. The Hall–Kier alpha value is -2.48. The number of rotatable bonds is 1. The van der Waals surface area contributed by atoms with Crippen LogP contribution < -0.4 is 11.5 Å². The SMILES string of the molecule is CC1C=C(C2c3cc(N)ccc3C3CCc4cc(N)ccc4C32)C=CC1. The molecule has 4 N–H and O–H groups in total. The summed E-state index contributed by atoms with van der Waals surface area (Å²) in [6.07, 6.45) is 10.6. The third-order valence-corrected chi connectivity index (χ3v) is 6.54. The molecule has 0 aliphatic heterocycles. The van der Waals surface area contributed by atoms with Gasteiger partial charge in [0, 0.05) is 23.2 Å². The molecule has 26 heavy (non-hydrogen) atoms. The number of anilines is 2. The number of hydrogen-bond acceptors (Lipinski definition) is 2. The summed E-state index contributed by atoms with van der Waals surface area (Å²) in [5.74, 6) is 2.09. The Bertz CT molecular complexity index is 937. The van der Waals surface area contributed by atoms with Gasteiger partial charge in [0.25, 0.3) is 0 Å². The van der Waals surface area contributed by atoms with Gasteiger partial charge in [-0.25, -0.2) is 0 Å². The average molecular weight is 342 g/mol. The number of nitrogens with two attached hydrogens (primary N) is 2. The van der Waals surface area contributed by atoms with Gasteiger partial charge in [-0.05, 0) is 83.2 Å². The van der Waals surface area contributed by atoms with E-state index >= 15 is 0 Å².